The monoisotopic (exact) mass is 496 g/mol. The van der Waals surface area contributed by atoms with Crippen molar-refractivity contribution in [3.63, 3.8) is 0 Å². The summed E-state index contributed by atoms with van der Waals surface area (Å²) in [7, 11) is 1.58. The molecule has 3 aromatic rings. The van der Waals surface area contributed by atoms with Crippen molar-refractivity contribution in [2.45, 2.75) is 50.7 Å². The molecule has 6 nitrogen and oxygen atoms in total. The number of carbonyl (C=O) groups is 1. The Morgan fingerprint density at radius 3 is 2.58 bits per heavy atom. The third-order valence-electron chi connectivity index (χ3n) is 7.12. The number of imidazole rings is 1. The van der Waals surface area contributed by atoms with Gasteiger partial charge in [-0.2, -0.15) is 0 Å². The van der Waals surface area contributed by atoms with Crippen molar-refractivity contribution in [1.82, 2.24) is 14.5 Å². The first kappa shape index (κ1) is 24.1. The zero-order valence-corrected chi connectivity index (χ0v) is 20.1. The Bertz CT molecular complexity index is 1350. The first-order valence-corrected chi connectivity index (χ1v) is 11.9. The lowest BCUT2D eigenvalue weighted by Crippen LogP contribution is -2.63. The number of hydrogen-bond donors (Lipinski definition) is 1. The molecule has 1 aromatic heterocycles. The highest BCUT2D eigenvalue weighted by Crippen LogP contribution is 2.45. The zero-order valence-electron chi connectivity index (χ0n) is 20.1. The molecule has 2 aromatic carbocycles. The van der Waals surface area contributed by atoms with E-state index >= 15 is 0 Å². The van der Waals surface area contributed by atoms with E-state index in [-0.39, 0.29) is 11.5 Å². The summed E-state index contributed by atoms with van der Waals surface area (Å²) in [5.41, 5.74) is 8.94. The van der Waals surface area contributed by atoms with Crippen molar-refractivity contribution in [1.29, 1.82) is 0 Å². The van der Waals surface area contributed by atoms with Crippen LogP contribution >= 0.6 is 0 Å². The van der Waals surface area contributed by atoms with Gasteiger partial charge in [0.1, 0.15) is 5.75 Å². The second-order valence-electron chi connectivity index (χ2n) is 9.51. The van der Waals surface area contributed by atoms with E-state index in [1.54, 1.807) is 19.5 Å². The minimum atomic E-state index is -1.53. The third kappa shape index (κ3) is 4.17. The fourth-order valence-electron chi connectivity index (χ4n) is 5.33. The molecule has 2 N–H and O–H groups in total. The van der Waals surface area contributed by atoms with Crippen molar-refractivity contribution in [3.05, 3.63) is 82.7 Å². The van der Waals surface area contributed by atoms with Crippen molar-refractivity contribution in [2.24, 2.45) is 5.73 Å². The maximum absolute atomic E-state index is 14.0. The number of nitrogens with zero attached hydrogens (tertiary/aromatic N) is 3. The summed E-state index contributed by atoms with van der Waals surface area (Å²) in [6, 6.07) is 6.89. The second-order valence-corrected chi connectivity index (χ2v) is 9.51. The number of carbonyl (C=O) groups excluding carboxylic acids is 1. The number of piperidine rings is 2. The Labute approximate surface area is 207 Å². The number of halogens is 3. The lowest BCUT2D eigenvalue weighted by molar-refractivity contribution is -0.144. The predicted molar refractivity (Wildman–Crippen MR) is 129 cm³/mol. The lowest BCUT2D eigenvalue weighted by Gasteiger charge is -2.52. The van der Waals surface area contributed by atoms with E-state index < -0.39 is 29.2 Å². The molecule has 0 saturated carbocycles. The van der Waals surface area contributed by atoms with Crippen LogP contribution in [-0.2, 0) is 4.79 Å². The van der Waals surface area contributed by atoms with Crippen molar-refractivity contribution < 1.29 is 22.7 Å². The molecule has 0 bridgehead atoms. The highest BCUT2D eigenvalue weighted by molar-refractivity contribution is 5.99. The molecule has 3 heterocycles. The summed E-state index contributed by atoms with van der Waals surface area (Å²) in [5.74, 6) is -3.75. The topological polar surface area (TPSA) is 73.4 Å². The largest absolute Gasteiger partial charge is 0.495 e. The molecule has 1 amide bonds. The smallest absolute Gasteiger partial charge is 0.251 e. The molecule has 2 atom stereocenters. The number of fused-ring (bicyclic) bond motifs is 1. The van der Waals surface area contributed by atoms with E-state index in [0.29, 0.717) is 43.4 Å². The Hall–Kier alpha value is -3.59. The number of methoxy groups -OCH3 is 1. The summed E-state index contributed by atoms with van der Waals surface area (Å²) in [4.78, 5) is 19.5. The molecule has 2 aliphatic rings. The molecule has 9 heteroatoms. The SMILES string of the molecule is COc1cc(/C=C2\CCC3(N)CCCC(c4cc(F)c(F)c(F)c4)N3C2=O)ccc1-n1cnc(C)c1. The number of nitrogens with two attached hydrogens (primary N) is 1. The van der Waals surface area contributed by atoms with Crippen LogP contribution in [0.3, 0.4) is 0 Å². The minimum Gasteiger partial charge on any atom is -0.495 e. The van der Waals surface area contributed by atoms with Crippen LogP contribution in [0.4, 0.5) is 13.2 Å². The van der Waals surface area contributed by atoms with Gasteiger partial charge in [0.15, 0.2) is 17.5 Å². The zero-order chi connectivity index (χ0) is 25.6. The predicted octanol–water partition coefficient (Wildman–Crippen LogP) is 5.19. The van der Waals surface area contributed by atoms with Gasteiger partial charge in [0, 0.05) is 11.8 Å². The summed E-state index contributed by atoms with van der Waals surface area (Å²) < 4.78 is 49.1. The van der Waals surface area contributed by atoms with E-state index in [0.717, 1.165) is 29.1 Å². The lowest BCUT2D eigenvalue weighted by atomic mass is 9.79. The van der Waals surface area contributed by atoms with Crippen LogP contribution < -0.4 is 10.5 Å². The van der Waals surface area contributed by atoms with E-state index in [1.165, 1.54) is 4.90 Å². The molecule has 188 valence electrons. The van der Waals surface area contributed by atoms with Gasteiger partial charge in [-0.3, -0.25) is 4.79 Å². The van der Waals surface area contributed by atoms with Gasteiger partial charge in [0.05, 0.1) is 36.5 Å². The van der Waals surface area contributed by atoms with Gasteiger partial charge in [-0.1, -0.05) is 6.07 Å². The number of ether oxygens (including phenoxy) is 1. The molecule has 2 aliphatic heterocycles. The van der Waals surface area contributed by atoms with Gasteiger partial charge in [-0.25, -0.2) is 18.2 Å². The quantitative estimate of drug-likeness (QED) is 0.399. The fraction of sp³-hybridized carbons (Fsp3) is 0.333. The van der Waals surface area contributed by atoms with E-state index in [1.807, 2.05) is 35.9 Å². The third-order valence-corrected chi connectivity index (χ3v) is 7.12. The summed E-state index contributed by atoms with van der Waals surface area (Å²) in [5, 5.41) is 0. The molecular formula is C27H27F3N4O2. The molecule has 0 aliphatic carbocycles. The first-order chi connectivity index (χ1) is 17.2. The molecule has 2 unspecified atom stereocenters. The molecular weight excluding hydrogens is 469 g/mol. The van der Waals surface area contributed by atoms with Crippen LogP contribution in [0.1, 0.15) is 55.0 Å². The molecule has 5 rings (SSSR count). The number of amides is 1. The van der Waals surface area contributed by atoms with Crippen LogP contribution in [0.15, 0.2) is 48.4 Å². The maximum Gasteiger partial charge on any atom is 0.251 e. The van der Waals surface area contributed by atoms with E-state index in [4.69, 9.17) is 10.5 Å². The minimum absolute atomic E-state index is 0.206. The molecule has 0 radical (unpaired) electrons. The molecule has 2 saturated heterocycles. The molecule has 0 spiro atoms. The number of aromatic nitrogens is 2. The van der Waals surface area contributed by atoms with Gasteiger partial charge in [-0.05, 0) is 80.5 Å². The average molecular weight is 497 g/mol. The highest BCUT2D eigenvalue weighted by atomic mass is 19.2. The van der Waals surface area contributed by atoms with Crippen molar-refractivity contribution in [2.75, 3.05) is 7.11 Å². The summed E-state index contributed by atoms with van der Waals surface area (Å²) in [6.07, 6.45) is 8.12. The van der Waals surface area contributed by atoms with E-state index in [2.05, 4.69) is 4.98 Å². The van der Waals surface area contributed by atoms with Crippen LogP contribution in [0, 0.1) is 24.4 Å². The van der Waals surface area contributed by atoms with Crippen LogP contribution in [-0.4, -0.2) is 33.1 Å². The number of benzene rings is 2. The van der Waals surface area contributed by atoms with Crippen molar-refractivity contribution in [3.8, 4) is 11.4 Å². The number of aryl methyl sites for hydroxylation is 1. The fourth-order valence-corrected chi connectivity index (χ4v) is 5.33. The average Bonchev–Trinajstić information content (AvgIpc) is 3.29. The van der Waals surface area contributed by atoms with Gasteiger partial charge >= 0.3 is 0 Å². The maximum atomic E-state index is 14.0. The van der Waals surface area contributed by atoms with Gasteiger partial charge in [-0.15, -0.1) is 0 Å². The number of hydrogen-bond acceptors (Lipinski definition) is 4. The Balaban J connectivity index is 1.49. The Kier molecular flexibility index (Phi) is 6.12. The normalized spacial score (nSPS) is 23.2. The second kappa shape index (κ2) is 9.13. The number of rotatable bonds is 4. The highest BCUT2D eigenvalue weighted by Gasteiger charge is 2.47. The Morgan fingerprint density at radius 2 is 1.92 bits per heavy atom. The molecule has 2 fully saturated rings. The van der Waals surface area contributed by atoms with Crippen LogP contribution in [0.25, 0.3) is 11.8 Å². The van der Waals surface area contributed by atoms with E-state index in [9.17, 15) is 18.0 Å². The first-order valence-electron chi connectivity index (χ1n) is 11.9. The van der Waals surface area contributed by atoms with Crippen LogP contribution in [0.2, 0.25) is 0 Å². The molecule has 36 heavy (non-hydrogen) atoms. The standard InChI is InChI=1S/C27H27F3N4O2/c1-16-14-33(15-32-16)23-6-5-17(11-24(23)36-2)10-18-7-9-27(31)8-3-4-22(34(27)26(18)35)19-12-20(28)25(30)21(29)13-19/h5-6,10-15,22H,3-4,7-9,31H2,1-2H3/b18-10+. The summed E-state index contributed by atoms with van der Waals surface area (Å²) >= 11 is 0. The van der Waals surface area contributed by atoms with Crippen molar-refractivity contribution >= 4 is 12.0 Å². The summed E-state index contributed by atoms with van der Waals surface area (Å²) in [6.45, 7) is 1.90. The Morgan fingerprint density at radius 1 is 1.17 bits per heavy atom. The van der Waals surface area contributed by atoms with Gasteiger partial charge < -0.3 is 19.9 Å². The van der Waals surface area contributed by atoms with Gasteiger partial charge in [0.2, 0.25) is 0 Å². The van der Waals surface area contributed by atoms with Gasteiger partial charge in [0.25, 0.3) is 5.91 Å². The van der Waals surface area contributed by atoms with Crippen LogP contribution in [0.5, 0.6) is 5.75 Å².